The van der Waals surface area contributed by atoms with Gasteiger partial charge in [-0.25, -0.2) is 4.98 Å². The standard InChI is InChI=1S/C17H19N3O3/c1-11(2)17(21)20-16-6-4-13(10-18-16)19-12-3-5-14-15(9-12)23-8-7-22-14/h3-6,9-11,19H,7-8H2,1-2H3,(H,18,20,21). The van der Waals surface area contributed by atoms with E-state index in [-0.39, 0.29) is 11.8 Å². The fourth-order valence-electron chi connectivity index (χ4n) is 2.10. The molecule has 3 rings (SSSR count). The van der Waals surface area contributed by atoms with Gasteiger partial charge in [0.05, 0.1) is 11.9 Å². The van der Waals surface area contributed by atoms with Gasteiger partial charge in [-0.1, -0.05) is 13.8 Å². The number of carbonyl (C=O) groups excluding carboxylic acids is 1. The lowest BCUT2D eigenvalue weighted by molar-refractivity contribution is -0.118. The van der Waals surface area contributed by atoms with Crippen LogP contribution in [0.15, 0.2) is 36.5 Å². The van der Waals surface area contributed by atoms with Crippen LogP contribution in [0.1, 0.15) is 13.8 Å². The molecule has 1 aromatic carbocycles. The molecule has 1 amide bonds. The Balaban J connectivity index is 1.67. The zero-order valence-electron chi connectivity index (χ0n) is 13.1. The first-order chi connectivity index (χ1) is 11.1. The van der Waals surface area contributed by atoms with E-state index in [2.05, 4.69) is 15.6 Å². The number of aromatic nitrogens is 1. The minimum absolute atomic E-state index is 0.0509. The number of fused-ring (bicyclic) bond motifs is 1. The molecule has 2 N–H and O–H groups in total. The van der Waals surface area contributed by atoms with Gasteiger partial charge in [-0.2, -0.15) is 0 Å². The van der Waals surface area contributed by atoms with E-state index in [1.54, 1.807) is 12.3 Å². The summed E-state index contributed by atoms with van der Waals surface area (Å²) in [6.45, 7) is 4.82. The molecule has 0 saturated heterocycles. The Kier molecular flexibility index (Phi) is 4.32. The minimum atomic E-state index is -0.0766. The van der Waals surface area contributed by atoms with E-state index in [0.717, 1.165) is 22.9 Å². The molecule has 0 atom stereocenters. The number of amides is 1. The summed E-state index contributed by atoms with van der Waals surface area (Å²) in [5.74, 6) is 1.90. The molecule has 1 aliphatic heterocycles. The second kappa shape index (κ2) is 6.56. The summed E-state index contributed by atoms with van der Waals surface area (Å²) in [6.07, 6.45) is 1.67. The van der Waals surface area contributed by atoms with Gasteiger partial charge < -0.3 is 20.1 Å². The van der Waals surface area contributed by atoms with Gasteiger partial charge in [0, 0.05) is 17.7 Å². The van der Waals surface area contributed by atoms with Gasteiger partial charge in [0.25, 0.3) is 0 Å². The van der Waals surface area contributed by atoms with Crippen molar-refractivity contribution in [3.05, 3.63) is 36.5 Å². The Morgan fingerprint density at radius 2 is 1.83 bits per heavy atom. The van der Waals surface area contributed by atoms with Gasteiger partial charge in [0.1, 0.15) is 19.0 Å². The van der Waals surface area contributed by atoms with Crippen LogP contribution < -0.4 is 20.1 Å². The maximum absolute atomic E-state index is 11.6. The van der Waals surface area contributed by atoms with E-state index < -0.39 is 0 Å². The molecule has 6 nitrogen and oxygen atoms in total. The normalized spacial score (nSPS) is 12.8. The predicted molar refractivity (Wildman–Crippen MR) is 88.4 cm³/mol. The molecule has 6 heteroatoms. The predicted octanol–water partition coefficient (Wildman–Crippen LogP) is 3.19. The zero-order valence-corrected chi connectivity index (χ0v) is 13.1. The minimum Gasteiger partial charge on any atom is -0.486 e. The van der Waals surface area contributed by atoms with Crippen molar-refractivity contribution in [2.75, 3.05) is 23.8 Å². The van der Waals surface area contributed by atoms with Gasteiger partial charge in [-0.3, -0.25) is 4.79 Å². The topological polar surface area (TPSA) is 72.5 Å². The molecule has 2 aromatic rings. The SMILES string of the molecule is CC(C)C(=O)Nc1ccc(Nc2ccc3c(c2)OCCO3)cn1. The van der Waals surface area contributed by atoms with E-state index in [9.17, 15) is 4.79 Å². The second-order valence-corrected chi connectivity index (χ2v) is 5.56. The van der Waals surface area contributed by atoms with E-state index >= 15 is 0 Å². The summed E-state index contributed by atoms with van der Waals surface area (Å²) < 4.78 is 11.1. The highest BCUT2D eigenvalue weighted by Crippen LogP contribution is 2.33. The number of carbonyl (C=O) groups is 1. The van der Waals surface area contributed by atoms with Crippen LogP contribution in [0.5, 0.6) is 11.5 Å². The molecule has 0 fully saturated rings. The fraction of sp³-hybridized carbons (Fsp3) is 0.294. The third kappa shape index (κ3) is 3.71. The van der Waals surface area contributed by atoms with Crippen molar-refractivity contribution in [1.29, 1.82) is 0 Å². The first-order valence-electron chi connectivity index (χ1n) is 7.55. The van der Waals surface area contributed by atoms with Crippen LogP contribution in [0, 0.1) is 5.92 Å². The zero-order chi connectivity index (χ0) is 16.2. The van der Waals surface area contributed by atoms with Crippen molar-refractivity contribution in [3.63, 3.8) is 0 Å². The van der Waals surface area contributed by atoms with Crippen molar-refractivity contribution in [2.24, 2.45) is 5.92 Å². The van der Waals surface area contributed by atoms with Crippen LogP contribution in [0.2, 0.25) is 0 Å². The van der Waals surface area contributed by atoms with Crippen molar-refractivity contribution < 1.29 is 14.3 Å². The summed E-state index contributed by atoms with van der Waals surface area (Å²) >= 11 is 0. The monoisotopic (exact) mass is 313 g/mol. The molecule has 0 bridgehead atoms. The van der Waals surface area contributed by atoms with E-state index in [0.29, 0.717) is 19.0 Å². The summed E-state index contributed by atoms with van der Waals surface area (Å²) in [5, 5.41) is 6.01. The molecule has 0 saturated carbocycles. The van der Waals surface area contributed by atoms with Crippen LogP contribution in [0.3, 0.4) is 0 Å². The van der Waals surface area contributed by atoms with E-state index in [1.165, 1.54) is 0 Å². The number of rotatable bonds is 4. The molecule has 0 radical (unpaired) electrons. The molecular weight excluding hydrogens is 294 g/mol. The molecule has 120 valence electrons. The van der Waals surface area contributed by atoms with Gasteiger partial charge in [0.15, 0.2) is 11.5 Å². The smallest absolute Gasteiger partial charge is 0.228 e. The molecule has 1 aliphatic rings. The van der Waals surface area contributed by atoms with Crippen molar-refractivity contribution in [1.82, 2.24) is 4.98 Å². The molecule has 23 heavy (non-hydrogen) atoms. The van der Waals surface area contributed by atoms with Crippen LogP contribution >= 0.6 is 0 Å². The van der Waals surface area contributed by atoms with Crippen LogP contribution in [0.25, 0.3) is 0 Å². The molecule has 0 spiro atoms. The molecule has 0 aliphatic carbocycles. The number of benzene rings is 1. The Labute approximate surface area is 134 Å². The maximum Gasteiger partial charge on any atom is 0.228 e. The highest BCUT2D eigenvalue weighted by Gasteiger charge is 2.12. The number of hydrogen-bond acceptors (Lipinski definition) is 5. The first-order valence-corrected chi connectivity index (χ1v) is 7.55. The van der Waals surface area contributed by atoms with Gasteiger partial charge in [-0.05, 0) is 24.3 Å². The van der Waals surface area contributed by atoms with Crippen molar-refractivity contribution >= 4 is 23.1 Å². The lowest BCUT2D eigenvalue weighted by atomic mass is 10.2. The number of anilines is 3. The number of nitrogens with zero attached hydrogens (tertiary/aromatic N) is 1. The lowest BCUT2D eigenvalue weighted by Gasteiger charge is -2.19. The summed E-state index contributed by atoms with van der Waals surface area (Å²) in [7, 11) is 0. The summed E-state index contributed by atoms with van der Waals surface area (Å²) in [5.41, 5.74) is 1.71. The first kappa shape index (κ1) is 15.1. The van der Waals surface area contributed by atoms with Crippen molar-refractivity contribution in [2.45, 2.75) is 13.8 Å². The highest BCUT2D eigenvalue weighted by atomic mass is 16.6. The molecule has 1 aromatic heterocycles. The van der Waals surface area contributed by atoms with Crippen molar-refractivity contribution in [3.8, 4) is 11.5 Å². The average Bonchev–Trinajstić information content (AvgIpc) is 2.56. The quantitative estimate of drug-likeness (QED) is 0.907. The Morgan fingerprint density at radius 1 is 1.09 bits per heavy atom. The Hall–Kier alpha value is -2.76. The molecule has 0 unspecified atom stereocenters. The summed E-state index contributed by atoms with van der Waals surface area (Å²) in [6, 6.07) is 9.31. The summed E-state index contributed by atoms with van der Waals surface area (Å²) in [4.78, 5) is 15.9. The van der Waals surface area contributed by atoms with E-state index in [1.807, 2.05) is 38.1 Å². The van der Waals surface area contributed by atoms with Crippen LogP contribution in [-0.2, 0) is 4.79 Å². The van der Waals surface area contributed by atoms with Crippen LogP contribution in [-0.4, -0.2) is 24.1 Å². The number of pyridine rings is 1. The molecule has 2 heterocycles. The largest absolute Gasteiger partial charge is 0.486 e. The van der Waals surface area contributed by atoms with Crippen LogP contribution in [0.4, 0.5) is 17.2 Å². The number of ether oxygens (including phenoxy) is 2. The average molecular weight is 313 g/mol. The lowest BCUT2D eigenvalue weighted by Crippen LogP contribution is -2.18. The molecular formula is C17H19N3O3. The van der Waals surface area contributed by atoms with Gasteiger partial charge in [0.2, 0.25) is 5.91 Å². The second-order valence-electron chi connectivity index (χ2n) is 5.56. The highest BCUT2D eigenvalue weighted by molar-refractivity contribution is 5.91. The number of nitrogens with one attached hydrogen (secondary N) is 2. The van der Waals surface area contributed by atoms with Gasteiger partial charge in [-0.15, -0.1) is 0 Å². The Morgan fingerprint density at radius 3 is 2.52 bits per heavy atom. The maximum atomic E-state index is 11.6. The fourth-order valence-corrected chi connectivity index (χ4v) is 2.10. The third-order valence-corrected chi connectivity index (χ3v) is 3.37. The number of hydrogen-bond donors (Lipinski definition) is 2. The van der Waals surface area contributed by atoms with Gasteiger partial charge >= 0.3 is 0 Å². The third-order valence-electron chi connectivity index (χ3n) is 3.37. The van der Waals surface area contributed by atoms with E-state index in [4.69, 9.17) is 9.47 Å². The Bertz CT molecular complexity index is 699.